The number of carbonyl (C=O) groups is 2. The maximum atomic E-state index is 12.0. The van der Waals surface area contributed by atoms with Crippen molar-refractivity contribution in [3.63, 3.8) is 0 Å². The summed E-state index contributed by atoms with van der Waals surface area (Å²) in [6.07, 6.45) is 1.41. The summed E-state index contributed by atoms with van der Waals surface area (Å²) in [7, 11) is 0. The lowest BCUT2D eigenvalue weighted by Gasteiger charge is -2.03. The van der Waals surface area contributed by atoms with Crippen LogP contribution in [0.15, 0.2) is 85.8 Å². The Balaban J connectivity index is 1.46. The van der Waals surface area contributed by atoms with Gasteiger partial charge in [-0.15, -0.1) is 0 Å². The molecule has 8 heteroatoms. The van der Waals surface area contributed by atoms with Gasteiger partial charge in [-0.05, 0) is 42.5 Å². The standard InChI is InChI=1S/C20H16BrN3O3S/c21-15-6-4-5-14(11-15)20(26)24-22-12-17-9-10-19(27-17)28-13-18(25)23-16-7-2-1-3-8-16/h1-12H,13H2,(H,23,25)(H,24,26)/b22-12+. The van der Waals surface area contributed by atoms with Crippen LogP contribution in [0.5, 0.6) is 0 Å². The predicted molar refractivity (Wildman–Crippen MR) is 114 cm³/mol. The molecule has 0 unspecified atom stereocenters. The largest absolute Gasteiger partial charge is 0.449 e. The summed E-state index contributed by atoms with van der Waals surface area (Å²) in [5.74, 6) is 0.249. The van der Waals surface area contributed by atoms with E-state index in [-0.39, 0.29) is 17.6 Å². The summed E-state index contributed by atoms with van der Waals surface area (Å²) >= 11 is 4.59. The predicted octanol–water partition coefficient (Wildman–Crippen LogP) is 4.54. The van der Waals surface area contributed by atoms with E-state index in [9.17, 15) is 9.59 Å². The van der Waals surface area contributed by atoms with Crippen molar-refractivity contribution in [1.82, 2.24) is 5.43 Å². The minimum absolute atomic E-state index is 0.121. The summed E-state index contributed by atoms with van der Waals surface area (Å²) in [4.78, 5) is 23.9. The highest BCUT2D eigenvalue weighted by Crippen LogP contribution is 2.20. The van der Waals surface area contributed by atoms with Crippen molar-refractivity contribution in [2.75, 3.05) is 11.1 Å². The maximum Gasteiger partial charge on any atom is 0.271 e. The number of halogens is 1. The minimum atomic E-state index is -0.323. The first-order chi connectivity index (χ1) is 13.6. The van der Waals surface area contributed by atoms with Crippen molar-refractivity contribution < 1.29 is 14.0 Å². The zero-order valence-corrected chi connectivity index (χ0v) is 17.0. The maximum absolute atomic E-state index is 12.0. The van der Waals surface area contributed by atoms with Gasteiger partial charge in [0.25, 0.3) is 5.91 Å². The Morgan fingerprint density at radius 2 is 1.89 bits per heavy atom. The van der Waals surface area contributed by atoms with E-state index < -0.39 is 0 Å². The number of hydrazone groups is 1. The van der Waals surface area contributed by atoms with Gasteiger partial charge >= 0.3 is 0 Å². The Kier molecular flexibility index (Phi) is 7.05. The molecule has 0 aliphatic carbocycles. The van der Waals surface area contributed by atoms with Crippen molar-refractivity contribution >= 4 is 51.4 Å². The highest BCUT2D eigenvalue weighted by atomic mass is 79.9. The fraction of sp³-hybridized carbons (Fsp3) is 0.0500. The van der Waals surface area contributed by atoms with Gasteiger partial charge in [-0.25, -0.2) is 5.43 Å². The van der Waals surface area contributed by atoms with Crippen LogP contribution < -0.4 is 10.7 Å². The van der Waals surface area contributed by atoms with E-state index in [1.807, 2.05) is 36.4 Å². The normalized spacial score (nSPS) is 10.8. The Bertz CT molecular complexity index is 989. The molecule has 3 aromatic rings. The molecule has 0 saturated carbocycles. The summed E-state index contributed by atoms with van der Waals surface area (Å²) in [5.41, 5.74) is 3.68. The average molecular weight is 458 g/mol. The van der Waals surface area contributed by atoms with Crippen molar-refractivity contribution in [3.05, 3.63) is 82.5 Å². The number of hydrogen-bond donors (Lipinski definition) is 2. The van der Waals surface area contributed by atoms with Gasteiger partial charge in [0.1, 0.15) is 5.76 Å². The van der Waals surface area contributed by atoms with Gasteiger partial charge in [0.05, 0.1) is 12.0 Å². The van der Waals surface area contributed by atoms with Crippen LogP contribution in [-0.2, 0) is 4.79 Å². The molecule has 0 spiro atoms. The number of carbonyl (C=O) groups excluding carboxylic acids is 2. The van der Waals surface area contributed by atoms with Crippen LogP contribution in [0.25, 0.3) is 0 Å². The molecule has 3 rings (SSSR count). The fourth-order valence-electron chi connectivity index (χ4n) is 2.19. The lowest BCUT2D eigenvalue weighted by atomic mass is 10.2. The van der Waals surface area contributed by atoms with Crippen LogP contribution in [0, 0.1) is 0 Å². The Labute approximate surface area is 174 Å². The molecule has 6 nitrogen and oxygen atoms in total. The first-order valence-electron chi connectivity index (χ1n) is 8.27. The molecule has 0 aliphatic rings. The highest BCUT2D eigenvalue weighted by Gasteiger charge is 2.07. The molecule has 1 aromatic heterocycles. The number of nitrogens with zero attached hydrogens (tertiary/aromatic N) is 1. The molecule has 2 amide bonds. The van der Waals surface area contributed by atoms with E-state index >= 15 is 0 Å². The average Bonchev–Trinajstić information content (AvgIpc) is 3.15. The SMILES string of the molecule is O=C(CSc1ccc(/C=N/NC(=O)c2cccc(Br)c2)o1)Nc1ccccc1. The second-order valence-corrected chi connectivity index (χ2v) is 7.46. The van der Waals surface area contributed by atoms with Crippen LogP contribution in [0.3, 0.4) is 0 Å². The van der Waals surface area contributed by atoms with E-state index in [1.165, 1.54) is 18.0 Å². The van der Waals surface area contributed by atoms with Crippen molar-refractivity contribution in [3.8, 4) is 0 Å². The van der Waals surface area contributed by atoms with Crippen molar-refractivity contribution in [2.24, 2.45) is 5.10 Å². The van der Waals surface area contributed by atoms with Gasteiger partial charge in [0.2, 0.25) is 5.91 Å². The molecule has 0 radical (unpaired) electrons. The second kappa shape index (κ2) is 9.91. The molecule has 1 heterocycles. The molecule has 0 bridgehead atoms. The monoisotopic (exact) mass is 457 g/mol. The van der Waals surface area contributed by atoms with Gasteiger partial charge in [-0.2, -0.15) is 5.10 Å². The van der Waals surface area contributed by atoms with Gasteiger partial charge in [0.15, 0.2) is 5.09 Å². The van der Waals surface area contributed by atoms with E-state index in [4.69, 9.17) is 4.42 Å². The first kappa shape index (κ1) is 19.9. The van der Waals surface area contributed by atoms with Crippen LogP contribution >= 0.6 is 27.7 Å². The summed E-state index contributed by atoms with van der Waals surface area (Å²) < 4.78 is 6.38. The second-order valence-electron chi connectivity index (χ2n) is 5.57. The number of hydrogen-bond acceptors (Lipinski definition) is 5. The lowest BCUT2D eigenvalue weighted by molar-refractivity contribution is -0.113. The Hall–Kier alpha value is -2.84. The zero-order chi connectivity index (χ0) is 19.8. The molecule has 142 valence electrons. The molecule has 2 N–H and O–H groups in total. The van der Waals surface area contributed by atoms with E-state index in [0.717, 1.165) is 10.2 Å². The van der Waals surface area contributed by atoms with E-state index in [0.29, 0.717) is 16.4 Å². The van der Waals surface area contributed by atoms with Gasteiger partial charge in [-0.1, -0.05) is 52.0 Å². The quantitative estimate of drug-likeness (QED) is 0.310. The van der Waals surface area contributed by atoms with Gasteiger partial charge in [0, 0.05) is 15.7 Å². The topological polar surface area (TPSA) is 83.7 Å². The third kappa shape index (κ3) is 6.11. The number of rotatable bonds is 7. The molecular weight excluding hydrogens is 442 g/mol. The lowest BCUT2D eigenvalue weighted by Crippen LogP contribution is -2.17. The number of furan rings is 1. The Morgan fingerprint density at radius 3 is 2.68 bits per heavy atom. The van der Waals surface area contributed by atoms with Crippen molar-refractivity contribution in [1.29, 1.82) is 0 Å². The van der Waals surface area contributed by atoms with Crippen LogP contribution in [0.2, 0.25) is 0 Å². The number of benzene rings is 2. The molecular formula is C20H16BrN3O3S. The highest BCUT2D eigenvalue weighted by molar-refractivity contribution is 9.10. The smallest absolute Gasteiger partial charge is 0.271 e. The number of para-hydroxylation sites is 1. The number of amides is 2. The van der Waals surface area contributed by atoms with Crippen molar-refractivity contribution in [2.45, 2.75) is 5.09 Å². The molecule has 28 heavy (non-hydrogen) atoms. The Morgan fingerprint density at radius 1 is 1.07 bits per heavy atom. The van der Waals surface area contributed by atoms with Gasteiger partial charge < -0.3 is 9.73 Å². The zero-order valence-electron chi connectivity index (χ0n) is 14.6. The van der Waals surface area contributed by atoms with Crippen LogP contribution in [0.4, 0.5) is 5.69 Å². The minimum Gasteiger partial charge on any atom is -0.449 e. The summed E-state index contributed by atoms with van der Waals surface area (Å²) in [5, 5.41) is 7.28. The number of nitrogens with one attached hydrogen (secondary N) is 2. The summed E-state index contributed by atoms with van der Waals surface area (Å²) in [6, 6.07) is 19.7. The van der Waals surface area contributed by atoms with Crippen LogP contribution in [-0.4, -0.2) is 23.8 Å². The third-order valence-electron chi connectivity index (χ3n) is 3.45. The molecule has 2 aromatic carbocycles. The van der Waals surface area contributed by atoms with Gasteiger partial charge in [-0.3, -0.25) is 9.59 Å². The number of thioether (sulfide) groups is 1. The molecule has 0 atom stereocenters. The molecule has 0 saturated heterocycles. The van der Waals surface area contributed by atoms with Crippen LogP contribution in [0.1, 0.15) is 16.1 Å². The first-order valence-corrected chi connectivity index (χ1v) is 10.0. The van der Waals surface area contributed by atoms with E-state index in [1.54, 1.807) is 30.3 Å². The number of anilines is 1. The third-order valence-corrected chi connectivity index (χ3v) is 4.85. The fourth-order valence-corrected chi connectivity index (χ4v) is 3.25. The summed E-state index contributed by atoms with van der Waals surface area (Å²) in [6.45, 7) is 0. The molecule has 0 fully saturated rings. The van der Waals surface area contributed by atoms with E-state index in [2.05, 4.69) is 31.8 Å². The molecule has 0 aliphatic heterocycles.